The molecule has 0 bridgehead atoms. The molecule has 54 heavy (non-hydrogen) atoms. The Kier molecular flexibility index (Phi) is 8.47. The smallest absolute Gasteiger partial charge is 0.208 e. The molecule has 7 heteroatoms. The number of para-hydroxylation sites is 1. The van der Waals surface area contributed by atoms with Crippen molar-refractivity contribution in [1.82, 2.24) is 0 Å². The van der Waals surface area contributed by atoms with Crippen molar-refractivity contribution in [3.63, 3.8) is 0 Å². The van der Waals surface area contributed by atoms with Gasteiger partial charge in [0, 0.05) is 22.1 Å². The van der Waals surface area contributed by atoms with Gasteiger partial charge >= 0.3 is 0 Å². The van der Waals surface area contributed by atoms with Gasteiger partial charge in [0.15, 0.2) is 11.5 Å². The lowest BCUT2D eigenvalue weighted by atomic mass is 9.82. The predicted molar refractivity (Wildman–Crippen MR) is 216 cm³/mol. The lowest BCUT2D eigenvalue weighted by Gasteiger charge is -2.22. The number of hydrogen-bond acceptors (Lipinski definition) is 7. The Morgan fingerprint density at radius 1 is 0.667 bits per heavy atom. The maximum absolute atomic E-state index is 11.2. The number of furan rings is 1. The molecule has 1 aromatic heterocycles. The van der Waals surface area contributed by atoms with Crippen LogP contribution in [0, 0.1) is 13.8 Å². The fraction of sp³-hybridized carbons (Fsp3) is 0.0638. The highest BCUT2D eigenvalue weighted by Crippen LogP contribution is 2.58. The zero-order valence-corrected chi connectivity index (χ0v) is 29.6. The van der Waals surface area contributed by atoms with Crippen molar-refractivity contribution in [3.05, 3.63) is 144 Å². The Labute approximate surface area is 311 Å². The van der Waals surface area contributed by atoms with Gasteiger partial charge in [0.1, 0.15) is 22.8 Å². The third-order valence-corrected chi connectivity index (χ3v) is 10.0. The number of benzene rings is 6. The summed E-state index contributed by atoms with van der Waals surface area (Å²) >= 11 is 0. The molecule has 1 aliphatic carbocycles. The molecule has 266 valence electrons. The molecule has 0 saturated carbocycles. The maximum atomic E-state index is 11.2. The number of aryl methyl sites for hydroxylation is 1. The van der Waals surface area contributed by atoms with E-state index in [0.717, 1.165) is 73.4 Å². The van der Waals surface area contributed by atoms with Crippen LogP contribution in [-0.4, -0.2) is 25.5 Å². The Morgan fingerprint density at radius 2 is 1.30 bits per heavy atom. The van der Waals surface area contributed by atoms with Crippen molar-refractivity contribution in [2.45, 2.75) is 20.3 Å². The summed E-state index contributed by atoms with van der Waals surface area (Å²) in [6.07, 6.45) is 14.2. The largest absolute Gasteiger partial charge is 0.504 e. The van der Waals surface area contributed by atoms with Gasteiger partial charge in [0.2, 0.25) is 17.2 Å². The molecule has 1 heterocycles. The first kappa shape index (κ1) is 34.0. The minimum atomic E-state index is -1.02. The number of phenols is 5. The molecule has 0 saturated heterocycles. The molecule has 0 amide bonds. The van der Waals surface area contributed by atoms with Crippen molar-refractivity contribution in [2.24, 2.45) is 0 Å². The lowest BCUT2D eigenvalue weighted by Crippen LogP contribution is -1.97. The maximum Gasteiger partial charge on any atom is 0.208 e. The van der Waals surface area contributed by atoms with Gasteiger partial charge < -0.3 is 34.7 Å². The summed E-state index contributed by atoms with van der Waals surface area (Å²) in [5.74, 6) is -2.20. The number of phenolic OH excluding ortho intramolecular Hbond substituents is 5. The van der Waals surface area contributed by atoms with Gasteiger partial charge in [-0.3, -0.25) is 0 Å². The first-order valence-corrected chi connectivity index (χ1v) is 17.5. The number of hydrogen-bond donors (Lipinski definition) is 5. The minimum Gasteiger partial charge on any atom is -0.504 e. The van der Waals surface area contributed by atoms with Crippen molar-refractivity contribution in [2.75, 3.05) is 0 Å². The second-order valence-corrected chi connectivity index (χ2v) is 13.2. The lowest BCUT2D eigenvalue weighted by molar-refractivity contribution is 0.330. The molecule has 5 N–H and O–H groups in total. The number of aromatic hydroxyl groups is 5. The van der Waals surface area contributed by atoms with Gasteiger partial charge in [-0.25, -0.2) is 0 Å². The van der Waals surface area contributed by atoms with E-state index in [0.29, 0.717) is 22.1 Å². The van der Waals surface area contributed by atoms with Crippen LogP contribution in [0.25, 0.3) is 73.4 Å². The molecule has 8 rings (SSSR count). The molecule has 0 fully saturated rings. The van der Waals surface area contributed by atoms with Crippen LogP contribution in [0.1, 0.15) is 34.4 Å². The first-order chi connectivity index (χ1) is 26.2. The molecule has 0 spiro atoms. The van der Waals surface area contributed by atoms with Crippen LogP contribution in [-0.2, 0) is 0 Å². The highest BCUT2D eigenvalue weighted by molar-refractivity contribution is 6.16. The molecule has 6 aromatic carbocycles. The fourth-order valence-corrected chi connectivity index (χ4v) is 7.41. The average molecular weight is 713 g/mol. The number of ether oxygens (including phenoxy) is 1. The van der Waals surface area contributed by atoms with Crippen LogP contribution >= 0.6 is 0 Å². The molecule has 7 aromatic rings. The van der Waals surface area contributed by atoms with Crippen LogP contribution in [0.2, 0.25) is 0 Å². The first-order valence-electron chi connectivity index (χ1n) is 17.5. The third kappa shape index (κ3) is 5.45. The molecule has 0 radical (unpaired) electrons. The second-order valence-electron chi connectivity index (χ2n) is 13.2. The van der Waals surface area contributed by atoms with Crippen molar-refractivity contribution < 1.29 is 34.7 Å². The van der Waals surface area contributed by atoms with E-state index in [1.807, 2.05) is 98.8 Å². The van der Waals surface area contributed by atoms with Crippen molar-refractivity contribution in [1.29, 1.82) is 0 Å². The van der Waals surface area contributed by atoms with E-state index in [4.69, 9.17) is 9.15 Å². The highest BCUT2D eigenvalue weighted by Gasteiger charge is 2.30. The van der Waals surface area contributed by atoms with E-state index in [1.54, 1.807) is 18.2 Å². The fourth-order valence-electron chi connectivity index (χ4n) is 7.41. The summed E-state index contributed by atoms with van der Waals surface area (Å²) in [4.78, 5) is 0. The van der Waals surface area contributed by atoms with Crippen LogP contribution in [0.4, 0.5) is 0 Å². The van der Waals surface area contributed by atoms with Crippen LogP contribution in [0.3, 0.4) is 0 Å². The van der Waals surface area contributed by atoms with Gasteiger partial charge in [-0.2, -0.15) is 0 Å². The zero-order valence-electron chi connectivity index (χ0n) is 29.6. The SMILES string of the molecule is C=C/C=C\c1c(C)c(-c2ccc(-c3ccc(Oc4ccccc4C)cc3)c3c4c(oc23)C=CCC=C4)c2ccccc2c1-c1c(O)c(O)c(O)c(O)c1O. The topological polar surface area (TPSA) is 124 Å². The quantitative estimate of drug-likeness (QED) is 0.0633. The van der Waals surface area contributed by atoms with E-state index < -0.39 is 28.7 Å². The van der Waals surface area contributed by atoms with Crippen LogP contribution in [0.15, 0.2) is 120 Å². The molecular formula is C47H36O7. The molecule has 1 aliphatic rings. The Balaban J connectivity index is 1.40. The molecule has 7 nitrogen and oxygen atoms in total. The van der Waals surface area contributed by atoms with Gasteiger partial charge in [-0.05, 0) is 94.8 Å². The monoisotopic (exact) mass is 712 g/mol. The zero-order chi connectivity index (χ0) is 37.7. The van der Waals surface area contributed by atoms with Crippen molar-refractivity contribution in [3.8, 4) is 73.6 Å². The highest BCUT2D eigenvalue weighted by atomic mass is 16.5. The van der Waals surface area contributed by atoms with E-state index >= 15 is 0 Å². The summed E-state index contributed by atoms with van der Waals surface area (Å²) in [6, 6.07) is 27.6. The normalized spacial score (nSPS) is 12.4. The molecule has 0 aliphatic heterocycles. The Morgan fingerprint density at radius 3 is 2.00 bits per heavy atom. The number of allylic oxidation sites excluding steroid dienone is 4. The second kappa shape index (κ2) is 13.5. The van der Waals surface area contributed by atoms with Crippen molar-refractivity contribution >= 4 is 40.0 Å². The number of fused-ring (bicyclic) bond motifs is 4. The Bertz CT molecular complexity index is 2710. The van der Waals surface area contributed by atoms with Gasteiger partial charge in [0.05, 0.1) is 5.56 Å². The van der Waals surface area contributed by atoms with Gasteiger partial charge in [0.25, 0.3) is 0 Å². The van der Waals surface area contributed by atoms with Gasteiger partial charge in [-0.15, -0.1) is 0 Å². The minimum absolute atomic E-state index is 0.229. The summed E-state index contributed by atoms with van der Waals surface area (Å²) in [7, 11) is 0. The molecule has 0 unspecified atom stereocenters. The van der Waals surface area contributed by atoms with Crippen LogP contribution < -0.4 is 4.74 Å². The van der Waals surface area contributed by atoms with Crippen LogP contribution in [0.5, 0.6) is 40.2 Å². The van der Waals surface area contributed by atoms with E-state index in [1.165, 1.54) is 0 Å². The summed E-state index contributed by atoms with van der Waals surface area (Å²) < 4.78 is 13.0. The Hall–Kier alpha value is -7.12. The summed E-state index contributed by atoms with van der Waals surface area (Å²) in [6.45, 7) is 7.80. The van der Waals surface area contributed by atoms with E-state index in [2.05, 4.69) is 30.9 Å². The summed E-state index contributed by atoms with van der Waals surface area (Å²) in [5, 5.41) is 56.0. The average Bonchev–Trinajstić information content (AvgIpc) is 3.39. The standard InChI is InChI=1S/C47H36O7/c1-4-5-14-30-27(3)38(32-15-10-11-16-33(32)39(30)41-42(48)44(50)46(52)45(51)43(41)49)35-25-24-31(40-34-17-7-6-8-19-37(34)54-47(35)40)28-20-22-29(23-21-28)53-36-18-12-9-13-26(36)2/h4-5,7-25,48-52H,1,6H2,2-3H3/b14-5-. The number of rotatable bonds is 7. The van der Waals surface area contributed by atoms with Gasteiger partial charge in [-0.1, -0.05) is 104 Å². The van der Waals surface area contributed by atoms with E-state index in [9.17, 15) is 25.5 Å². The molecule has 0 atom stereocenters. The predicted octanol–water partition coefficient (Wildman–Crippen LogP) is 12.2. The third-order valence-electron chi connectivity index (χ3n) is 10.0. The summed E-state index contributed by atoms with van der Waals surface area (Å²) in [5.41, 5.74) is 7.78. The van der Waals surface area contributed by atoms with E-state index in [-0.39, 0.29) is 5.56 Å². The molecular weight excluding hydrogens is 677 g/mol.